The number of amides is 1. The van der Waals surface area contributed by atoms with Gasteiger partial charge >= 0.3 is 0 Å². The smallest absolute Gasteiger partial charge is 0.235 e. The SMILES string of the molecule is Cn1ccc(CC(Cl)C(N)=O)n1. The zero-order valence-electron chi connectivity index (χ0n) is 6.70. The standard InChI is InChI=1S/C7H10ClN3O/c1-11-3-2-5(10-11)4-6(8)7(9)12/h2-3,6H,4H2,1H3,(H2,9,12). The largest absolute Gasteiger partial charge is 0.368 e. The Bertz CT molecular complexity index is 284. The molecule has 0 bridgehead atoms. The average molecular weight is 188 g/mol. The van der Waals surface area contributed by atoms with Crippen LogP contribution in [0.15, 0.2) is 12.3 Å². The van der Waals surface area contributed by atoms with E-state index < -0.39 is 11.3 Å². The molecule has 0 spiro atoms. The van der Waals surface area contributed by atoms with Crippen molar-refractivity contribution in [1.82, 2.24) is 9.78 Å². The van der Waals surface area contributed by atoms with Gasteiger partial charge in [0.15, 0.2) is 0 Å². The highest BCUT2D eigenvalue weighted by molar-refractivity contribution is 6.30. The zero-order chi connectivity index (χ0) is 9.14. The molecule has 1 aromatic rings. The van der Waals surface area contributed by atoms with Gasteiger partial charge in [0.2, 0.25) is 5.91 Å². The molecule has 1 heterocycles. The predicted octanol–water partition coefficient (Wildman–Crippen LogP) is 0.0553. The van der Waals surface area contributed by atoms with Crippen molar-refractivity contribution in [3.05, 3.63) is 18.0 Å². The summed E-state index contributed by atoms with van der Waals surface area (Å²) in [4.78, 5) is 10.6. The highest BCUT2D eigenvalue weighted by atomic mass is 35.5. The summed E-state index contributed by atoms with van der Waals surface area (Å²) >= 11 is 5.64. The molecular formula is C7H10ClN3O. The molecule has 4 nitrogen and oxygen atoms in total. The van der Waals surface area contributed by atoms with Gasteiger partial charge in [-0.15, -0.1) is 11.6 Å². The van der Waals surface area contributed by atoms with Gasteiger partial charge in [-0.1, -0.05) is 0 Å². The third-order valence-electron chi connectivity index (χ3n) is 1.47. The molecule has 0 saturated carbocycles. The molecule has 0 aliphatic carbocycles. The molecule has 66 valence electrons. The van der Waals surface area contributed by atoms with E-state index in [2.05, 4.69) is 5.10 Å². The van der Waals surface area contributed by atoms with Crippen LogP contribution in [0.25, 0.3) is 0 Å². The van der Waals surface area contributed by atoms with Crippen molar-refractivity contribution < 1.29 is 4.79 Å². The molecule has 1 unspecified atom stereocenters. The number of carbonyl (C=O) groups is 1. The fourth-order valence-electron chi connectivity index (χ4n) is 0.856. The summed E-state index contributed by atoms with van der Waals surface area (Å²) in [7, 11) is 1.80. The maximum absolute atomic E-state index is 10.6. The molecule has 1 rings (SSSR count). The van der Waals surface area contributed by atoms with Crippen molar-refractivity contribution in [2.24, 2.45) is 12.8 Å². The Morgan fingerprint density at radius 2 is 2.58 bits per heavy atom. The number of nitrogens with two attached hydrogens (primary N) is 1. The highest BCUT2D eigenvalue weighted by Crippen LogP contribution is 2.04. The maximum Gasteiger partial charge on any atom is 0.235 e. The first-order chi connectivity index (χ1) is 5.59. The Morgan fingerprint density at radius 1 is 1.92 bits per heavy atom. The van der Waals surface area contributed by atoms with Crippen molar-refractivity contribution in [3.8, 4) is 0 Å². The van der Waals surface area contributed by atoms with Gasteiger partial charge in [0, 0.05) is 19.7 Å². The van der Waals surface area contributed by atoms with Crippen LogP contribution in [0.5, 0.6) is 0 Å². The molecule has 0 radical (unpaired) electrons. The van der Waals surface area contributed by atoms with Crippen LogP contribution in [-0.2, 0) is 18.3 Å². The number of alkyl halides is 1. The van der Waals surface area contributed by atoms with E-state index in [1.165, 1.54) is 0 Å². The lowest BCUT2D eigenvalue weighted by molar-refractivity contribution is -0.117. The minimum atomic E-state index is -0.667. The average Bonchev–Trinajstić information content (AvgIpc) is 2.35. The molecule has 1 atom stereocenters. The number of primary amides is 1. The monoisotopic (exact) mass is 187 g/mol. The molecular weight excluding hydrogens is 178 g/mol. The lowest BCUT2D eigenvalue weighted by atomic mass is 10.2. The quantitative estimate of drug-likeness (QED) is 0.680. The van der Waals surface area contributed by atoms with Crippen LogP contribution in [0.4, 0.5) is 0 Å². The van der Waals surface area contributed by atoms with Crippen LogP contribution in [0.2, 0.25) is 0 Å². The molecule has 12 heavy (non-hydrogen) atoms. The minimum Gasteiger partial charge on any atom is -0.368 e. The minimum absolute atomic E-state index is 0.387. The van der Waals surface area contributed by atoms with Crippen molar-refractivity contribution in [1.29, 1.82) is 0 Å². The van der Waals surface area contributed by atoms with Crippen molar-refractivity contribution in [2.45, 2.75) is 11.8 Å². The normalized spacial score (nSPS) is 12.8. The number of nitrogens with zero attached hydrogens (tertiary/aromatic N) is 2. The predicted molar refractivity (Wildman–Crippen MR) is 45.7 cm³/mol. The molecule has 5 heteroatoms. The highest BCUT2D eigenvalue weighted by Gasteiger charge is 2.12. The van der Waals surface area contributed by atoms with Crippen LogP contribution in [0, 0.1) is 0 Å². The number of rotatable bonds is 3. The molecule has 0 aliphatic heterocycles. The summed E-state index contributed by atoms with van der Waals surface area (Å²) < 4.78 is 1.65. The number of hydrogen-bond acceptors (Lipinski definition) is 2. The van der Waals surface area contributed by atoms with Crippen LogP contribution in [0.3, 0.4) is 0 Å². The van der Waals surface area contributed by atoms with Crippen LogP contribution in [-0.4, -0.2) is 21.1 Å². The van der Waals surface area contributed by atoms with E-state index in [0.29, 0.717) is 6.42 Å². The summed E-state index contributed by atoms with van der Waals surface area (Å²) in [6, 6.07) is 1.80. The Balaban J connectivity index is 2.58. The summed E-state index contributed by atoms with van der Waals surface area (Å²) in [5, 5.41) is 3.39. The van der Waals surface area contributed by atoms with Crippen LogP contribution >= 0.6 is 11.6 Å². The van der Waals surface area contributed by atoms with E-state index >= 15 is 0 Å². The molecule has 2 N–H and O–H groups in total. The zero-order valence-corrected chi connectivity index (χ0v) is 7.45. The van der Waals surface area contributed by atoms with E-state index in [9.17, 15) is 4.79 Å². The van der Waals surface area contributed by atoms with Gasteiger partial charge in [-0.3, -0.25) is 9.48 Å². The summed E-state index contributed by atoms with van der Waals surface area (Å²) in [6.45, 7) is 0. The third-order valence-corrected chi connectivity index (χ3v) is 1.84. The van der Waals surface area contributed by atoms with E-state index in [1.807, 2.05) is 0 Å². The van der Waals surface area contributed by atoms with Gasteiger partial charge < -0.3 is 5.73 Å². The van der Waals surface area contributed by atoms with E-state index in [1.54, 1.807) is 24.0 Å². The fraction of sp³-hybridized carbons (Fsp3) is 0.429. The van der Waals surface area contributed by atoms with Crippen LogP contribution < -0.4 is 5.73 Å². The topological polar surface area (TPSA) is 60.9 Å². The van der Waals surface area contributed by atoms with Crippen molar-refractivity contribution in [2.75, 3.05) is 0 Å². The first-order valence-electron chi connectivity index (χ1n) is 3.51. The molecule has 0 fully saturated rings. The lowest BCUT2D eigenvalue weighted by Gasteiger charge is -2.00. The van der Waals surface area contributed by atoms with Gasteiger partial charge in [-0.25, -0.2) is 0 Å². The van der Waals surface area contributed by atoms with Gasteiger partial charge in [-0.2, -0.15) is 5.10 Å². The van der Waals surface area contributed by atoms with E-state index in [-0.39, 0.29) is 0 Å². The van der Waals surface area contributed by atoms with Gasteiger partial charge in [-0.05, 0) is 6.07 Å². The summed E-state index contributed by atoms with van der Waals surface area (Å²) in [5.41, 5.74) is 5.76. The van der Waals surface area contributed by atoms with Gasteiger partial charge in [0.1, 0.15) is 5.38 Å². The van der Waals surface area contributed by atoms with Crippen molar-refractivity contribution in [3.63, 3.8) is 0 Å². The molecule has 1 amide bonds. The molecule has 0 aromatic carbocycles. The van der Waals surface area contributed by atoms with Crippen LogP contribution in [0.1, 0.15) is 5.69 Å². The molecule has 1 aromatic heterocycles. The van der Waals surface area contributed by atoms with E-state index in [4.69, 9.17) is 17.3 Å². The first-order valence-corrected chi connectivity index (χ1v) is 3.95. The third kappa shape index (κ3) is 2.23. The second kappa shape index (κ2) is 3.58. The first kappa shape index (κ1) is 9.06. The van der Waals surface area contributed by atoms with Crippen molar-refractivity contribution >= 4 is 17.5 Å². The Kier molecular flexibility index (Phi) is 2.70. The lowest BCUT2D eigenvalue weighted by Crippen LogP contribution is -2.25. The number of aryl methyl sites for hydroxylation is 1. The Hall–Kier alpha value is -1.03. The number of aromatic nitrogens is 2. The molecule has 0 aliphatic rings. The second-order valence-electron chi connectivity index (χ2n) is 2.55. The number of carbonyl (C=O) groups excluding carboxylic acids is 1. The van der Waals surface area contributed by atoms with Gasteiger partial charge in [0.25, 0.3) is 0 Å². The summed E-state index contributed by atoms with van der Waals surface area (Å²) in [5.74, 6) is -0.512. The Labute approximate surface area is 75.3 Å². The van der Waals surface area contributed by atoms with Gasteiger partial charge in [0.05, 0.1) is 5.69 Å². The maximum atomic E-state index is 10.6. The molecule has 0 saturated heterocycles. The second-order valence-corrected chi connectivity index (χ2v) is 3.08. The van der Waals surface area contributed by atoms with E-state index in [0.717, 1.165) is 5.69 Å². The fourth-order valence-corrected chi connectivity index (χ4v) is 1.01. The summed E-state index contributed by atoms with van der Waals surface area (Å²) in [6.07, 6.45) is 2.18. The number of hydrogen-bond donors (Lipinski definition) is 1. The number of halogens is 1. The Morgan fingerprint density at radius 3 is 3.00 bits per heavy atom.